The van der Waals surface area contributed by atoms with E-state index in [1.807, 2.05) is 0 Å². The van der Waals surface area contributed by atoms with Crippen LogP contribution in [0.3, 0.4) is 0 Å². The molecule has 0 spiro atoms. The number of aryl methyl sites for hydroxylation is 2. The normalized spacial score (nSPS) is 10.6. The maximum atomic E-state index is 4.93. The Labute approximate surface area is 224 Å². The molecule has 1 radical (unpaired) electrons. The molecule has 0 N–H and O–H groups in total. The Hall–Kier alpha value is 0.814. The van der Waals surface area contributed by atoms with Crippen LogP contribution in [0.1, 0.15) is 50.7 Å². The molecule has 2 aromatic rings. The van der Waals surface area contributed by atoms with Crippen molar-refractivity contribution in [3.8, 4) is 0 Å². The molecular formula is C26H49Cl2Si3Zr. The van der Waals surface area contributed by atoms with Gasteiger partial charge in [-0.05, 0) is 0 Å². The molecule has 0 nitrogen and oxygen atoms in total. The van der Waals surface area contributed by atoms with Crippen LogP contribution in [0.5, 0.6) is 0 Å². The summed E-state index contributed by atoms with van der Waals surface area (Å²) < 4.78 is 0. The second-order valence-electron chi connectivity index (χ2n) is 10.4. The van der Waals surface area contributed by atoms with Crippen LogP contribution in [0.25, 0.3) is 0 Å². The predicted molar refractivity (Wildman–Crippen MR) is 158 cm³/mol. The summed E-state index contributed by atoms with van der Waals surface area (Å²) in [6.07, 6.45) is 7.78. The first-order chi connectivity index (χ1) is 14.9. The van der Waals surface area contributed by atoms with Crippen molar-refractivity contribution in [1.29, 1.82) is 0 Å². The summed E-state index contributed by atoms with van der Waals surface area (Å²) in [7, 11) is 8.51. The van der Waals surface area contributed by atoms with Crippen LogP contribution in [0.4, 0.5) is 0 Å². The Morgan fingerprint density at radius 3 is 1.22 bits per heavy atom. The van der Waals surface area contributed by atoms with E-state index >= 15 is 0 Å². The number of unbranched alkanes of at least 4 members (excludes halogenated alkanes) is 2. The molecule has 0 bridgehead atoms. The number of rotatable bonds is 8. The molecule has 0 saturated carbocycles. The van der Waals surface area contributed by atoms with E-state index in [2.05, 4.69) is 103 Å². The molecular weight excluding hydrogens is 559 g/mol. The molecule has 0 heterocycles. The summed E-state index contributed by atoms with van der Waals surface area (Å²) in [6, 6.07) is 14.1. The maximum absolute atomic E-state index is 4.93. The van der Waals surface area contributed by atoms with Crippen molar-refractivity contribution in [2.45, 2.75) is 105 Å². The molecule has 183 valence electrons. The minimum absolute atomic E-state index is 0.750. The van der Waals surface area contributed by atoms with Crippen LogP contribution in [0.2, 0.25) is 52.4 Å². The molecule has 6 heteroatoms. The van der Waals surface area contributed by atoms with E-state index in [4.69, 9.17) is 17.0 Å². The van der Waals surface area contributed by atoms with E-state index in [0.717, 1.165) is 9.52 Å². The summed E-state index contributed by atoms with van der Waals surface area (Å²) in [5, 5.41) is 3.22. The zero-order valence-corrected chi connectivity index (χ0v) is 29.7. The van der Waals surface area contributed by atoms with Crippen molar-refractivity contribution in [2.24, 2.45) is 0 Å². The molecule has 0 aliphatic heterocycles. The topological polar surface area (TPSA) is 0 Å². The second-order valence-corrected chi connectivity index (χ2v) is 25.4. The number of hydrogen-bond acceptors (Lipinski definition) is 0. The molecule has 0 atom stereocenters. The summed E-state index contributed by atoms with van der Waals surface area (Å²) in [4.78, 5) is 0. The second kappa shape index (κ2) is 20.1. The Morgan fingerprint density at radius 2 is 1.03 bits per heavy atom. The van der Waals surface area contributed by atoms with Crippen molar-refractivity contribution in [2.75, 3.05) is 0 Å². The van der Waals surface area contributed by atoms with Gasteiger partial charge in [-0.1, -0.05) is 105 Å². The van der Waals surface area contributed by atoms with Gasteiger partial charge < -0.3 is 0 Å². The molecule has 0 unspecified atom stereocenters. The molecule has 0 aliphatic carbocycles. The molecule has 32 heavy (non-hydrogen) atoms. The van der Waals surface area contributed by atoms with Gasteiger partial charge in [0.25, 0.3) is 0 Å². The number of hydrogen-bond donors (Lipinski definition) is 0. The molecule has 0 amide bonds. The number of halogens is 2. The summed E-state index contributed by atoms with van der Waals surface area (Å²) in [6.45, 7) is 23.4. The summed E-state index contributed by atoms with van der Waals surface area (Å²) in [5.74, 6) is 0. The average molecular weight is 608 g/mol. The van der Waals surface area contributed by atoms with Crippen molar-refractivity contribution >= 4 is 53.1 Å². The Morgan fingerprint density at radius 1 is 0.750 bits per heavy atom. The predicted octanol–water partition coefficient (Wildman–Crippen LogP) is 8.48. The van der Waals surface area contributed by atoms with E-state index in [1.165, 1.54) is 38.5 Å². The first-order valence-corrected chi connectivity index (χ1v) is 27.8. The van der Waals surface area contributed by atoms with Crippen LogP contribution in [-0.2, 0) is 33.7 Å². The quantitative estimate of drug-likeness (QED) is 0.209. The molecule has 0 saturated heterocycles. The fourth-order valence-corrected chi connectivity index (χ4v) is 5.39. The van der Waals surface area contributed by atoms with Crippen LogP contribution in [-0.4, -0.2) is 25.7 Å². The van der Waals surface area contributed by atoms with Gasteiger partial charge in [-0.25, -0.2) is 22.5 Å². The molecule has 2 rings (SSSR count). The van der Waals surface area contributed by atoms with E-state index in [0.29, 0.717) is 0 Å². The van der Waals surface area contributed by atoms with Crippen LogP contribution >= 0.6 is 17.0 Å². The van der Waals surface area contributed by atoms with E-state index in [9.17, 15) is 0 Å². The van der Waals surface area contributed by atoms with Crippen LogP contribution in [0, 0.1) is 0 Å². The average Bonchev–Trinajstić information content (AvgIpc) is 3.36. The van der Waals surface area contributed by atoms with Gasteiger partial charge in [0.05, 0.1) is 0 Å². The van der Waals surface area contributed by atoms with Crippen LogP contribution in [0.15, 0.2) is 36.4 Å². The fraction of sp³-hybridized carbons (Fsp3) is 0.615. The van der Waals surface area contributed by atoms with E-state index in [-0.39, 0.29) is 0 Å². The molecule has 0 fully saturated rings. The van der Waals surface area contributed by atoms with Gasteiger partial charge in [0, 0.05) is 25.7 Å². The van der Waals surface area contributed by atoms with Gasteiger partial charge in [0.1, 0.15) is 0 Å². The fourth-order valence-electron chi connectivity index (χ4n) is 2.99. The summed E-state index contributed by atoms with van der Waals surface area (Å²) >= 11 is -0.826. The monoisotopic (exact) mass is 605 g/mol. The minimum atomic E-state index is -1.05. The van der Waals surface area contributed by atoms with Gasteiger partial charge in [-0.3, -0.25) is 0 Å². The van der Waals surface area contributed by atoms with E-state index in [1.54, 1.807) is 21.5 Å². The Kier molecular flexibility index (Phi) is 21.9. The van der Waals surface area contributed by atoms with Crippen molar-refractivity contribution in [3.05, 3.63) is 47.5 Å². The third kappa shape index (κ3) is 18.2. The van der Waals surface area contributed by atoms with Gasteiger partial charge in [0.15, 0.2) is 0 Å². The van der Waals surface area contributed by atoms with Gasteiger partial charge >= 0.3 is 37.9 Å². The molecule has 0 aliphatic rings. The zero-order valence-electron chi connectivity index (χ0n) is 22.5. The third-order valence-corrected chi connectivity index (χ3v) is 9.09. The van der Waals surface area contributed by atoms with Gasteiger partial charge in [-0.2, -0.15) is 35.4 Å². The standard InChI is InChI=1S/2C12H21Si.C2H7Si.2ClH.Zr/c2*1-5-6-7-11-8-9-12(10-11)13(2,3)4;1-3-2;;;/h2*8-10H,5-7H2,1-4H3;3H,1-2H3;2*1H;/q2*-1;;;;+4/p-2. The third-order valence-electron chi connectivity index (χ3n) is 5.01. The van der Waals surface area contributed by atoms with Crippen molar-refractivity contribution in [1.82, 2.24) is 0 Å². The van der Waals surface area contributed by atoms with Crippen molar-refractivity contribution < 1.29 is 20.8 Å². The first-order valence-electron chi connectivity index (χ1n) is 12.1. The van der Waals surface area contributed by atoms with E-state index < -0.39 is 37.0 Å². The first kappa shape index (κ1) is 35.0. The van der Waals surface area contributed by atoms with Gasteiger partial charge in [0.2, 0.25) is 0 Å². The van der Waals surface area contributed by atoms with Crippen LogP contribution < -0.4 is 10.4 Å². The molecule has 2 aromatic carbocycles. The summed E-state index contributed by atoms with van der Waals surface area (Å²) in [5.41, 5.74) is 3.08. The van der Waals surface area contributed by atoms with Crippen molar-refractivity contribution in [3.63, 3.8) is 0 Å². The Balaban J connectivity index is 0. The Bertz CT molecular complexity index is 609. The SMILES string of the molecule is CCCCc1cc([Si](C)(C)C)c[cH-]1.CCCCc1cc([Si](C)(C)C)c[cH-]1.C[SiH]C.[Cl][Zr+2][Cl]. The zero-order chi connectivity index (χ0) is 25.2. The van der Waals surface area contributed by atoms with Gasteiger partial charge in [-0.15, -0.1) is 0 Å². The molecule has 0 aromatic heterocycles.